The Morgan fingerprint density at radius 2 is 2.06 bits per heavy atom. The van der Waals surface area contributed by atoms with Gasteiger partial charge >= 0.3 is 6.36 Å². The van der Waals surface area contributed by atoms with Crippen molar-refractivity contribution in [3.8, 4) is 11.5 Å². The van der Waals surface area contributed by atoms with Crippen LogP contribution in [0.15, 0.2) is 6.20 Å². The molecule has 1 aromatic rings. The second-order valence-electron chi connectivity index (χ2n) is 2.82. The third-order valence-electron chi connectivity index (χ3n) is 1.79. The van der Waals surface area contributed by atoms with Crippen molar-refractivity contribution < 1.29 is 27.4 Å². The van der Waals surface area contributed by atoms with Gasteiger partial charge in [-0.2, -0.15) is 0 Å². The number of pyridine rings is 1. The highest BCUT2D eigenvalue weighted by Gasteiger charge is 2.34. The van der Waals surface area contributed by atoms with Crippen molar-refractivity contribution in [1.29, 1.82) is 0 Å². The van der Waals surface area contributed by atoms with Crippen LogP contribution in [-0.2, 0) is 0 Å². The molecule has 0 aliphatic rings. The highest BCUT2D eigenvalue weighted by atomic mass is 19.4. The second kappa shape index (κ2) is 4.38. The molecule has 0 atom stereocenters. The first-order valence-corrected chi connectivity index (χ1v) is 4.13. The Morgan fingerprint density at radius 1 is 1.44 bits per heavy atom. The molecular weight excluding hydrogens is 227 g/mol. The SMILES string of the molecule is COc1cnc(C)c(C=O)c1OC(F)(F)F. The molecule has 0 saturated heterocycles. The van der Waals surface area contributed by atoms with Crippen LogP contribution in [0.4, 0.5) is 13.2 Å². The van der Waals surface area contributed by atoms with Crippen LogP contribution < -0.4 is 9.47 Å². The molecule has 0 bridgehead atoms. The molecule has 1 rings (SSSR count). The second-order valence-corrected chi connectivity index (χ2v) is 2.82. The largest absolute Gasteiger partial charge is 0.573 e. The molecule has 0 aromatic carbocycles. The van der Waals surface area contributed by atoms with Crippen LogP contribution in [0.3, 0.4) is 0 Å². The van der Waals surface area contributed by atoms with Gasteiger partial charge < -0.3 is 9.47 Å². The summed E-state index contributed by atoms with van der Waals surface area (Å²) in [4.78, 5) is 14.4. The van der Waals surface area contributed by atoms with Gasteiger partial charge in [0.25, 0.3) is 0 Å². The zero-order chi connectivity index (χ0) is 12.3. The van der Waals surface area contributed by atoms with Crippen molar-refractivity contribution in [3.05, 3.63) is 17.5 Å². The summed E-state index contributed by atoms with van der Waals surface area (Å²) in [6.45, 7) is 1.40. The molecule has 0 fully saturated rings. The number of carbonyl (C=O) groups is 1. The van der Waals surface area contributed by atoms with E-state index in [-0.39, 0.29) is 23.3 Å². The number of aromatic nitrogens is 1. The van der Waals surface area contributed by atoms with Gasteiger partial charge in [-0.15, -0.1) is 13.2 Å². The Hall–Kier alpha value is -1.79. The summed E-state index contributed by atoms with van der Waals surface area (Å²) < 4.78 is 44.6. The molecule has 0 aliphatic heterocycles. The summed E-state index contributed by atoms with van der Waals surface area (Å²) in [5, 5.41) is 0. The van der Waals surface area contributed by atoms with Gasteiger partial charge in [0.2, 0.25) is 0 Å². The molecule has 0 radical (unpaired) electrons. The summed E-state index contributed by atoms with van der Waals surface area (Å²) in [5.74, 6) is -0.914. The lowest BCUT2D eigenvalue weighted by molar-refractivity contribution is -0.275. The topological polar surface area (TPSA) is 48.4 Å². The van der Waals surface area contributed by atoms with Crippen molar-refractivity contribution in [3.63, 3.8) is 0 Å². The molecule has 16 heavy (non-hydrogen) atoms. The molecule has 0 N–H and O–H groups in total. The molecule has 0 amide bonds. The predicted octanol–water partition coefficient (Wildman–Crippen LogP) is 2.11. The first kappa shape index (κ1) is 12.3. The lowest BCUT2D eigenvalue weighted by Crippen LogP contribution is -2.19. The Labute approximate surface area is 89.0 Å². The Morgan fingerprint density at radius 3 is 2.50 bits per heavy atom. The van der Waals surface area contributed by atoms with E-state index in [0.29, 0.717) is 0 Å². The highest BCUT2D eigenvalue weighted by Crippen LogP contribution is 2.35. The molecule has 4 nitrogen and oxygen atoms in total. The van der Waals surface area contributed by atoms with E-state index in [1.807, 2.05) is 0 Å². The Kier molecular flexibility index (Phi) is 3.36. The van der Waals surface area contributed by atoms with Crippen LogP contribution in [0.2, 0.25) is 0 Å². The zero-order valence-corrected chi connectivity index (χ0v) is 8.46. The molecular formula is C9H8F3NO3. The number of carbonyl (C=O) groups excluding carboxylic acids is 1. The number of halogens is 3. The minimum atomic E-state index is -4.89. The van der Waals surface area contributed by atoms with Gasteiger partial charge in [-0.1, -0.05) is 0 Å². The smallest absolute Gasteiger partial charge is 0.491 e. The number of hydrogen-bond acceptors (Lipinski definition) is 4. The van der Waals surface area contributed by atoms with E-state index < -0.39 is 12.1 Å². The van der Waals surface area contributed by atoms with Crippen molar-refractivity contribution >= 4 is 6.29 Å². The quantitative estimate of drug-likeness (QED) is 0.753. The summed E-state index contributed by atoms with van der Waals surface area (Å²) in [6.07, 6.45) is -3.59. The van der Waals surface area contributed by atoms with Crippen LogP contribution in [0.1, 0.15) is 16.1 Å². The molecule has 1 heterocycles. The normalized spacial score (nSPS) is 11.1. The lowest BCUT2D eigenvalue weighted by Gasteiger charge is -2.14. The minimum Gasteiger partial charge on any atom is -0.491 e. The van der Waals surface area contributed by atoms with Crippen LogP contribution in [0.5, 0.6) is 11.5 Å². The Balaban J connectivity index is 3.31. The molecule has 0 saturated carbocycles. The maximum Gasteiger partial charge on any atom is 0.573 e. The standard InChI is InChI=1S/C9H8F3NO3/c1-5-6(4-14)8(16-9(10,11)12)7(15-2)3-13-5/h3-4H,1-2H3. The number of rotatable bonds is 3. The van der Waals surface area contributed by atoms with Gasteiger partial charge in [0.1, 0.15) is 0 Å². The number of hydrogen-bond donors (Lipinski definition) is 0. The predicted molar refractivity (Wildman–Crippen MR) is 47.6 cm³/mol. The van der Waals surface area contributed by atoms with Gasteiger partial charge in [0, 0.05) is 0 Å². The van der Waals surface area contributed by atoms with Gasteiger partial charge in [0.15, 0.2) is 17.8 Å². The molecule has 0 aliphatic carbocycles. The van der Waals surface area contributed by atoms with E-state index >= 15 is 0 Å². The average molecular weight is 235 g/mol. The van der Waals surface area contributed by atoms with Gasteiger partial charge in [-0.3, -0.25) is 9.78 Å². The number of ether oxygens (including phenoxy) is 2. The van der Waals surface area contributed by atoms with Gasteiger partial charge in [-0.05, 0) is 6.92 Å². The van der Waals surface area contributed by atoms with Crippen LogP contribution >= 0.6 is 0 Å². The first-order chi connectivity index (χ1) is 7.39. The van der Waals surface area contributed by atoms with E-state index in [2.05, 4.69) is 14.5 Å². The number of aryl methyl sites for hydroxylation is 1. The number of aldehydes is 1. The summed E-state index contributed by atoms with van der Waals surface area (Å²) >= 11 is 0. The monoisotopic (exact) mass is 235 g/mol. The lowest BCUT2D eigenvalue weighted by atomic mass is 10.2. The van der Waals surface area contributed by atoms with Gasteiger partial charge in [0.05, 0.1) is 24.6 Å². The van der Waals surface area contributed by atoms with E-state index in [0.717, 1.165) is 13.3 Å². The van der Waals surface area contributed by atoms with Crippen molar-refractivity contribution in [2.45, 2.75) is 13.3 Å². The number of alkyl halides is 3. The van der Waals surface area contributed by atoms with Crippen molar-refractivity contribution in [1.82, 2.24) is 4.98 Å². The maximum atomic E-state index is 12.1. The molecule has 0 spiro atoms. The fraction of sp³-hybridized carbons (Fsp3) is 0.333. The first-order valence-electron chi connectivity index (χ1n) is 4.13. The fourth-order valence-corrected chi connectivity index (χ4v) is 1.09. The summed E-state index contributed by atoms with van der Waals surface area (Å²) in [6, 6.07) is 0. The summed E-state index contributed by atoms with van der Waals surface area (Å²) in [7, 11) is 1.16. The van der Waals surface area contributed by atoms with E-state index in [1.165, 1.54) is 6.92 Å². The van der Waals surface area contributed by atoms with Crippen LogP contribution in [0.25, 0.3) is 0 Å². The third-order valence-corrected chi connectivity index (χ3v) is 1.79. The average Bonchev–Trinajstić information content (AvgIpc) is 2.16. The van der Waals surface area contributed by atoms with Crippen molar-refractivity contribution in [2.75, 3.05) is 7.11 Å². The number of nitrogens with zero attached hydrogens (tertiary/aromatic N) is 1. The van der Waals surface area contributed by atoms with E-state index in [4.69, 9.17) is 0 Å². The number of methoxy groups -OCH3 is 1. The highest BCUT2D eigenvalue weighted by molar-refractivity contribution is 5.82. The Bertz CT molecular complexity index is 404. The van der Waals surface area contributed by atoms with E-state index in [9.17, 15) is 18.0 Å². The fourth-order valence-electron chi connectivity index (χ4n) is 1.09. The third kappa shape index (κ3) is 2.62. The molecule has 1 aromatic heterocycles. The molecule has 88 valence electrons. The van der Waals surface area contributed by atoms with Gasteiger partial charge in [-0.25, -0.2) is 0 Å². The van der Waals surface area contributed by atoms with Crippen molar-refractivity contribution in [2.24, 2.45) is 0 Å². The summed E-state index contributed by atoms with van der Waals surface area (Å²) in [5.41, 5.74) is -0.147. The van der Waals surface area contributed by atoms with Crippen LogP contribution in [-0.4, -0.2) is 24.7 Å². The van der Waals surface area contributed by atoms with E-state index in [1.54, 1.807) is 0 Å². The zero-order valence-electron chi connectivity index (χ0n) is 8.46. The maximum absolute atomic E-state index is 12.1. The van der Waals surface area contributed by atoms with Crippen LogP contribution in [0, 0.1) is 6.92 Å². The minimum absolute atomic E-state index is 0.134. The molecule has 7 heteroatoms. The molecule has 0 unspecified atom stereocenters.